The first-order chi connectivity index (χ1) is 10.0. The van der Waals surface area contributed by atoms with E-state index in [2.05, 4.69) is 0 Å². The van der Waals surface area contributed by atoms with Gasteiger partial charge in [0.1, 0.15) is 5.75 Å². The summed E-state index contributed by atoms with van der Waals surface area (Å²) in [5.74, 6) is 1.17. The fraction of sp³-hybridized carbons (Fsp3) is 0.588. The standard InChI is InChI=1S/C17H26N2O2/c1-12(15-6-4-5-7-16(15)21-3)19(2)17(20)13-8-10-14(18)11-9-13/h4-7,12-14H,8-11,18H2,1-3H3. The Bertz CT molecular complexity index is 481. The number of amides is 1. The highest BCUT2D eigenvalue weighted by atomic mass is 16.5. The molecule has 0 heterocycles. The molecule has 0 aliphatic heterocycles. The van der Waals surface area contributed by atoms with Crippen LogP contribution in [0.5, 0.6) is 5.75 Å². The molecule has 1 aromatic carbocycles. The molecule has 1 aliphatic carbocycles. The van der Waals surface area contributed by atoms with Crippen molar-refractivity contribution < 1.29 is 9.53 Å². The molecule has 4 nitrogen and oxygen atoms in total. The van der Waals surface area contributed by atoms with E-state index in [0.29, 0.717) is 0 Å². The number of carbonyl (C=O) groups excluding carboxylic acids is 1. The van der Waals surface area contributed by atoms with E-state index in [1.54, 1.807) is 7.11 Å². The van der Waals surface area contributed by atoms with Crippen molar-refractivity contribution >= 4 is 5.91 Å². The average molecular weight is 290 g/mol. The van der Waals surface area contributed by atoms with Crippen LogP contribution in [0.4, 0.5) is 0 Å². The highest BCUT2D eigenvalue weighted by Crippen LogP contribution is 2.31. The zero-order chi connectivity index (χ0) is 15.4. The Balaban J connectivity index is 2.08. The zero-order valence-electron chi connectivity index (χ0n) is 13.2. The fourth-order valence-corrected chi connectivity index (χ4v) is 3.07. The van der Waals surface area contributed by atoms with E-state index in [9.17, 15) is 4.79 Å². The fourth-order valence-electron chi connectivity index (χ4n) is 3.07. The Morgan fingerprint density at radius 3 is 2.52 bits per heavy atom. The van der Waals surface area contributed by atoms with Crippen LogP contribution in [0.1, 0.15) is 44.2 Å². The molecule has 2 N–H and O–H groups in total. The maximum absolute atomic E-state index is 12.7. The summed E-state index contributed by atoms with van der Waals surface area (Å²) in [7, 11) is 3.55. The summed E-state index contributed by atoms with van der Waals surface area (Å²) >= 11 is 0. The van der Waals surface area contributed by atoms with Gasteiger partial charge in [0.15, 0.2) is 0 Å². The maximum Gasteiger partial charge on any atom is 0.225 e. The van der Waals surface area contributed by atoms with Crippen molar-refractivity contribution in [1.82, 2.24) is 4.90 Å². The summed E-state index contributed by atoms with van der Waals surface area (Å²) in [5.41, 5.74) is 6.97. The smallest absolute Gasteiger partial charge is 0.225 e. The summed E-state index contributed by atoms with van der Waals surface area (Å²) in [5, 5.41) is 0. The van der Waals surface area contributed by atoms with Gasteiger partial charge in [-0.1, -0.05) is 18.2 Å². The van der Waals surface area contributed by atoms with Crippen molar-refractivity contribution in [3.63, 3.8) is 0 Å². The molecule has 116 valence electrons. The van der Waals surface area contributed by atoms with Gasteiger partial charge in [-0.05, 0) is 38.7 Å². The Morgan fingerprint density at radius 2 is 1.90 bits per heavy atom. The van der Waals surface area contributed by atoms with Gasteiger partial charge >= 0.3 is 0 Å². The Labute approximate surface area is 127 Å². The lowest BCUT2D eigenvalue weighted by molar-refractivity contribution is -0.137. The summed E-state index contributed by atoms with van der Waals surface area (Å²) in [6.45, 7) is 2.05. The molecule has 0 spiro atoms. The second kappa shape index (κ2) is 6.94. The van der Waals surface area contributed by atoms with Crippen LogP contribution in [-0.4, -0.2) is 31.0 Å². The molecule has 1 unspecified atom stereocenters. The minimum Gasteiger partial charge on any atom is -0.496 e. The molecule has 1 atom stereocenters. The topological polar surface area (TPSA) is 55.6 Å². The Morgan fingerprint density at radius 1 is 1.29 bits per heavy atom. The number of carbonyl (C=O) groups is 1. The average Bonchev–Trinajstić information content (AvgIpc) is 2.53. The maximum atomic E-state index is 12.7. The largest absolute Gasteiger partial charge is 0.496 e. The number of hydrogen-bond donors (Lipinski definition) is 1. The molecule has 2 rings (SSSR count). The number of ether oxygens (including phenoxy) is 1. The number of nitrogens with two attached hydrogens (primary N) is 1. The van der Waals surface area contributed by atoms with E-state index >= 15 is 0 Å². The van der Waals surface area contributed by atoms with Crippen molar-refractivity contribution in [2.75, 3.05) is 14.2 Å². The summed E-state index contributed by atoms with van der Waals surface area (Å²) in [4.78, 5) is 14.5. The van der Waals surface area contributed by atoms with Crippen molar-refractivity contribution in [2.24, 2.45) is 11.7 Å². The summed E-state index contributed by atoms with van der Waals surface area (Å²) in [6.07, 6.45) is 3.71. The first-order valence-corrected chi connectivity index (χ1v) is 7.69. The SMILES string of the molecule is COc1ccccc1C(C)N(C)C(=O)C1CCC(N)CC1. The molecular formula is C17H26N2O2. The predicted octanol–water partition coefficient (Wildman–Crippen LogP) is 2.73. The number of para-hydroxylation sites is 1. The Kier molecular flexibility index (Phi) is 5.23. The minimum atomic E-state index is 0.00394. The monoisotopic (exact) mass is 290 g/mol. The van der Waals surface area contributed by atoms with Crippen molar-refractivity contribution in [3.05, 3.63) is 29.8 Å². The van der Waals surface area contributed by atoms with Crippen molar-refractivity contribution in [3.8, 4) is 5.75 Å². The molecule has 4 heteroatoms. The van der Waals surface area contributed by atoms with Gasteiger partial charge in [-0.15, -0.1) is 0 Å². The number of methoxy groups -OCH3 is 1. The number of hydrogen-bond acceptors (Lipinski definition) is 3. The zero-order valence-corrected chi connectivity index (χ0v) is 13.2. The number of nitrogens with zero attached hydrogens (tertiary/aromatic N) is 1. The first-order valence-electron chi connectivity index (χ1n) is 7.69. The second-order valence-corrected chi connectivity index (χ2v) is 5.98. The van der Waals surface area contributed by atoms with Gasteiger partial charge in [-0.3, -0.25) is 4.79 Å². The lowest BCUT2D eigenvalue weighted by atomic mass is 9.85. The van der Waals surface area contributed by atoms with Gasteiger partial charge in [-0.2, -0.15) is 0 Å². The molecule has 0 aromatic heterocycles. The van der Waals surface area contributed by atoms with Crippen LogP contribution in [0.2, 0.25) is 0 Å². The second-order valence-electron chi connectivity index (χ2n) is 5.98. The molecule has 21 heavy (non-hydrogen) atoms. The third kappa shape index (κ3) is 3.56. The van der Waals surface area contributed by atoms with Crippen LogP contribution in [-0.2, 0) is 4.79 Å². The molecule has 1 aromatic rings. The lowest BCUT2D eigenvalue weighted by Gasteiger charge is -2.32. The van der Waals surface area contributed by atoms with E-state index in [0.717, 1.165) is 37.0 Å². The van der Waals surface area contributed by atoms with Gasteiger partial charge in [-0.25, -0.2) is 0 Å². The van der Waals surface area contributed by atoms with Gasteiger partial charge < -0.3 is 15.4 Å². The predicted molar refractivity (Wildman–Crippen MR) is 84.1 cm³/mol. The number of rotatable bonds is 4. The van der Waals surface area contributed by atoms with Gasteiger partial charge in [0.25, 0.3) is 0 Å². The molecule has 0 saturated heterocycles. The quantitative estimate of drug-likeness (QED) is 0.927. The van der Waals surface area contributed by atoms with E-state index in [-0.39, 0.29) is 23.9 Å². The third-order valence-corrected chi connectivity index (χ3v) is 4.64. The molecule has 0 bridgehead atoms. The van der Waals surface area contributed by atoms with Gasteiger partial charge in [0, 0.05) is 24.6 Å². The summed E-state index contributed by atoms with van der Waals surface area (Å²) < 4.78 is 5.40. The number of benzene rings is 1. The first kappa shape index (κ1) is 15.8. The highest BCUT2D eigenvalue weighted by molar-refractivity contribution is 5.79. The molecular weight excluding hydrogens is 264 g/mol. The van der Waals surface area contributed by atoms with Crippen LogP contribution in [0.25, 0.3) is 0 Å². The van der Waals surface area contributed by atoms with Gasteiger partial charge in [0.05, 0.1) is 13.2 Å². The van der Waals surface area contributed by atoms with E-state index in [4.69, 9.17) is 10.5 Å². The van der Waals surface area contributed by atoms with Crippen molar-refractivity contribution in [2.45, 2.75) is 44.7 Å². The molecule has 1 amide bonds. The molecule has 1 fully saturated rings. The van der Waals surface area contributed by atoms with Crippen molar-refractivity contribution in [1.29, 1.82) is 0 Å². The van der Waals surface area contributed by atoms with E-state index in [1.165, 1.54) is 0 Å². The lowest BCUT2D eigenvalue weighted by Crippen LogP contribution is -2.38. The summed E-state index contributed by atoms with van der Waals surface area (Å²) in [6, 6.07) is 8.15. The van der Waals surface area contributed by atoms with Crippen LogP contribution in [0.15, 0.2) is 24.3 Å². The van der Waals surface area contributed by atoms with Crippen LogP contribution < -0.4 is 10.5 Å². The molecule has 1 saturated carbocycles. The van der Waals surface area contributed by atoms with Gasteiger partial charge in [0.2, 0.25) is 5.91 Å². The Hall–Kier alpha value is -1.55. The third-order valence-electron chi connectivity index (χ3n) is 4.64. The van der Waals surface area contributed by atoms with E-state index in [1.807, 2.05) is 43.1 Å². The minimum absolute atomic E-state index is 0.00394. The molecule has 0 radical (unpaired) electrons. The normalized spacial score (nSPS) is 23.4. The van der Waals surface area contributed by atoms with Crippen LogP contribution in [0, 0.1) is 5.92 Å². The highest BCUT2D eigenvalue weighted by Gasteiger charge is 2.29. The van der Waals surface area contributed by atoms with E-state index < -0.39 is 0 Å². The molecule has 1 aliphatic rings. The van der Waals surface area contributed by atoms with Crippen LogP contribution in [0.3, 0.4) is 0 Å². The van der Waals surface area contributed by atoms with Crippen LogP contribution >= 0.6 is 0 Å².